The first-order valence-corrected chi connectivity index (χ1v) is 6.72. The predicted octanol–water partition coefficient (Wildman–Crippen LogP) is 3.62. The number of hydrogen-bond acceptors (Lipinski definition) is 3. The molecule has 104 valence electrons. The number of carbonyl (C=O) groups is 1. The summed E-state index contributed by atoms with van der Waals surface area (Å²) in [7, 11) is 0. The Balaban J connectivity index is 2.15. The first-order chi connectivity index (χ1) is 9.54. The molecule has 1 aromatic heterocycles. The minimum atomic E-state index is -0.185. The van der Waals surface area contributed by atoms with Gasteiger partial charge in [0.05, 0.1) is 0 Å². The van der Waals surface area contributed by atoms with Gasteiger partial charge in [-0.25, -0.2) is 0 Å². The third-order valence-corrected chi connectivity index (χ3v) is 2.76. The van der Waals surface area contributed by atoms with E-state index in [0.717, 1.165) is 11.4 Å². The Hall–Kier alpha value is -2.07. The fourth-order valence-corrected chi connectivity index (χ4v) is 1.89. The van der Waals surface area contributed by atoms with E-state index in [1.54, 1.807) is 24.4 Å². The predicted molar refractivity (Wildman–Crippen MR) is 81.6 cm³/mol. The van der Waals surface area contributed by atoms with Crippen molar-refractivity contribution in [1.82, 2.24) is 10.3 Å². The number of pyridine rings is 1. The van der Waals surface area contributed by atoms with Crippen molar-refractivity contribution >= 4 is 28.9 Å². The molecule has 20 heavy (non-hydrogen) atoms. The van der Waals surface area contributed by atoms with Crippen molar-refractivity contribution in [2.45, 2.75) is 19.9 Å². The number of carbonyl (C=O) groups excluding carboxylic acids is 1. The van der Waals surface area contributed by atoms with Crippen LogP contribution in [0.3, 0.4) is 0 Å². The van der Waals surface area contributed by atoms with Crippen molar-refractivity contribution < 1.29 is 4.79 Å². The van der Waals surface area contributed by atoms with Crippen LogP contribution in [0.2, 0.25) is 5.02 Å². The van der Waals surface area contributed by atoms with Crippen LogP contribution in [0.1, 0.15) is 24.3 Å². The second-order valence-corrected chi connectivity index (χ2v) is 5.13. The van der Waals surface area contributed by atoms with Crippen LogP contribution < -0.4 is 10.6 Å². The Labute approximate surface area is 123 Å². The zero-order valence-electron chi connectivity index (χ0n) is 11.4. The number of amides is 1. The number of aromatic nitrogens is 1. The highest BCUT2D eigenvalue weighted by Gasteiger charge is 2.09. The number of halogens is 1. The van der Waals surface area contributed by atoms with Crippen LogP contribution in [0, 0.1) is 0 Å². The molecule has 2 rings (SSSR count). The lowest BCUT2D eigenvalue weighted by atomic mass is 10.2. The second-order valence-electron chi connectivity index (χ2n) is 4.69. The van der Waals surface area contributed by atoms with Gasteiger partial charge in [0.15, 0.2) is 0 Å². The SMILES string of the molecule is CC(C)NC(=O)c1cc(Nc2cccc(Cl)c2)ccn1. The van der Waals surface area contributed by atoms with E-state index in [4.69, 9.17) is 11.6 Å². The molecule has 0 atom stereocenters. The molecule has 5 heteroatoms. The standard InChI is InChI=1S/C15H16ClN3O/c1-10(2)18-15(20)14-9-13(6-7-17-14)19-12-5-3-4-11(16)8-12/h3-10H,1-2H3,(H,17,19)(H,18,20). The summed E-state index contributed by atoms with van der Waals surface area (Å²) >= 11 is 5.93. The minimum Gasteiger partial charge on any atom is -0.355 e. The van der Waals surface area contributed by atoms with Gasteiger partial charge in [0.1, 0.15) is 5.69 Å². The van der Waals surface area contributed by atoms with E-state index in [1.165, 1.54) is 0 Å². The van der Waals surface area contributed by atoms with E-state index in [-0.39, 0.29) is 11.9 Å². The van der Waals surface area contributed by atoms with Crippen molar-refractivity contribution in [1.29, 1.82) is 0 Å². The van der Waals surface area contributed by atoms with Gasteiger partial charge in [0.2, 0.25) is 0 Å². The van der Waals surface area contributed by atoms with Crippen molar-refractivity contribution in [3.63, 3.8) is 0 Å². The van der Waals surface area contributed by atoms with Crippen molar-refractivity contribution in [3.8, 4) is 0 Å². The molecule has 1 aromatic carbocycles. The van der Waals surface area contributed by atoms with Gasteiger partial charge in [-0.15, -0.1) is 0 Å². The molecule has 0 aliphatic heterocycles. The van der Waals surface area contributed by atoms with Crippen LogP contribution in [-0.4, -0.2) is 16.9 Å². The van der Waals surface area contributed by atoms with Gasteiger partial charge >= 0.3 is 0 Å². The maximum absolute atomic E-state index is 11.9. The lowest BCUT2D eigenvalue weighted by Gasteiger charge is -2.10. The molecule has 0 aliphatic carbocycles. The quantitative estimate of drug-likeness (QED) is 0.904. The summed E-state index contributed by atoms with van der Waals surface area (Å²) in [6, 6.07) is 11.0. The van der Waals surface area contributed by atoms with Crippen LogP contribution in [0.4, 0.5) is 11.4 Å². The van der Waals surface area contributed by atoms with E-state index < -0.39 is 0 Å². The van der Waals surface area contributed by atoms with E-state index in [1.807, 2.05) is 32.0 Å². The van der Waals surface area contributed by atoms with Crippen molar-refractivity contribution in [3.05, 3.63) is 53.3 Å². The van der Waals surface area contributed by atoms with Crippen LogP contribution in [-0.2, 0) is 0 Å². The molecule has 0 saturated heterocycles. The van der Waals surface area contributed by atoms with Gasteiger partial charge < -0.3 is 10.6 Å². The Bertz CT molecular complexity index is 614. The molecule has 0 saturated carbocycles. The molecule has 1 amide bonds. The summed E-state index contributed by atoms with van der Waals surface area (Å²) in [4.78, 5) is 16.0. The summed E-state index contributed by atoms with van der Waals surface area (Å²) < 4.78 is 0. The molecule has 0 spiro atoms. The molecule has 0 aliphatic rings. The van der Waals surface area contributed by atoms with Gasteiger partial charge in [0.25, 0.3) is 5.91 Å². The van der Waals surface area contributed by atoms with Gasteiger partial charge in [-0.3, -0.25) is 9.78 Å². The molecule has 2 aromatic rings. The van der Waals surface area contributed by atoms with Gasteiger partial charge in [-0.1, -0.05) is 17.7 Å². The summed E-state index contributed by atoms with van der Waals surface area (Å²) in [5.41, 5.74) is 2.03. The lowest BCUT2D eigenvalue weighted by Crippen LogP contribution is -2.30. The van der Waals surface area contributed by atoms with E-state index in [9.17, 15) is 4.79 Å². The van der Waals surface area contributed by atoms with E-state index in [0.29, 0.717) is 10.7 Å². The molecule has 1 heterocycles. The van der Waals surface area contributed by atoms with Crippen LogP contribution in [0.15, 0.2) is 42.6 Å². The van der Waals surface area contributed by atoms with Crippen LogP contribution in [0.25, 0.3) is 0 Å². The lowest BCUT2D eigenvalue weighted by molar-refractivity contribution is 0.0938. The largest absolute Gasteiger partial charge is 0.355 e. The minimum absolute atomic E-state index is 0.0776. The topological polar surface area (TPSA) is 54.0 Å². The Morgan fingerprint density at radius 2 is 1.95 bits per heavy atom. The third-order valence-electron chi connectivity index (χ3n) is 2.53. The molecule has 0 radical (unpaired) electrons. The number of hydrogen-bond donors (Lipinski definition) is 2. The molecular weight excluding hydrogens is 274 g/mol. The summed E-state index contributed by atoms with van der Waals surface area (Å²) in [6.45, 7) is 3.82. The average Bonchev–Trinajstić information content (AvgIpc) is 2.38. The van der Waals surface area contributed by atoms with Crippen LogP contribution in [0.5, 0.6) is 0 Å². The van der Waals surface area contributed by atoms with Gasteiger partial charge in [0, 0.05) is 28.6 Å². The Morgan fingerprint density at radius 3 is 2.65 bits per heavy atom. The molecular formula is C15H16ClN3O. The molecule has 0 fully saturated rings. The fourth-order valence-electron chi connectivity index (χ4n) is 1.70. The highest BCUT2D eigenvalue weighted by Crippen LogP contribution is 2.20. The smallest absolute Gasteiger partial charge is 0.270 e. The third kappa shape index (κ3) is 3.96. The molecule has 4 nitrogen and oxygen atoms in total. The molecule has 0 unspecified atom stereocenters. The average molecular weight is 290 g/mol. The number of benzene rings is 1. The van der Waals surface area contributed by atoms with Crippen molar-refractivity contribution in [2.24, 2.45) is 0 Å². The van der Waals surface area contributed by atoms with Crippen molar-refractivity contribution in [2.75, 3.05) is 5.32 Å². The molecule has 0 bridgehead atoms. The maximum atomic E-state index is 11.9. The normalized spacial score (nSPS) is 10.4. The number of nitrogens with zero attached hydrogens (tertiary/aromatic N) is 1. The summed E-state index contributed by atoms with van der Waals surface area (Å²) in [5, 5.41) is 6.65. The highest BCUT2D eigenvalue weighted by molar-refractivity contribution is 6.30. The monoisotopic (exact) mass is 289 g/mol. The van der Waals surface area contributed by atoms with Gasteiger partial charge in [-0.2, -0.15) is 0 Å². The zero-order valence-corrected chi connectivity index (χ0v) is 12.1. The highest BCUT2D eigenvalue weighted by atomic mass is 35.5. The molecule has 2 N–H and O–H groups in total. The number of anilines is 2. The Morgan fingerprint density at radius 1 is 1.20 bits per heavy atom. The summed E-state index contributed by atoms with van der Waals surface area (Å²) in [6.07, 6.45) is 1.60. The Kier molecular flexibility index (Phi) is 4.58. The maximum Gasteiger partial charge on any atom is 0.270 e. The zero-order chi connectivity index (χ0) is 14.5. The first kappa shape index (κ1) is 14.3. The number of nitrogens with one attached hydrogen (secondary N) is 2. The fraction of sp³-hybridized carbons (Fsp3) is 0.200. The summed E-state index contributed by atoms with van der Waals surface area (Å²) in [5.74, 6) is -0.185. The van der Waals surface area contributed by atoms with E-state index >= 15 is 0 Å². The van der Waals surface area contributed by atoms with Gasteiger partial charge in [-0.05, 0) is 44.2 Å². The number of rotatable bonds is 4. The van der Waals surface area contributed by atoms with Crippen LogP contribution >= 0.6 is 11.6 Å². The second kappa shape index (κ2) is 6.39. The van der Waals surface area contributed by atoms with E-state index in [2.05, 4.69) is 15.6 Å². The first-order valence-electron chi connectivity index (χ1n) is 6.34.